The number of hydrogen-bond donors (Lipinski definition) is 1. The normalized spacial score (nSPS) is 17.5. The average Bonchev–Trinajstić information content (AvgIpc) is 3.02. The van der Waals surface area contributed by atoms with Gasteiger partial charge < -0.3 is 10.2 Å². The maximum Gasteiger partial charge on any atom is 0.253 e. The third-order valence-corrected chi connectivity index (χ3v) is 9.03. The molecule has 0 unspecified atom stereocenters. The highest BCUT2D eigenvalue weighted by molar-refractivity contribution is 6.09. The first-order valence-corrected chi connectivity index (χ1v) is 15.3. The second kappa shape index (κ2) is 12.1. The number of rotatable bonds is 7. The van der Waals surface area contributed by atoms with Crippen molar-refractivity contribution in [2.75, 3.05) is 26.2 Å². The summed E-state index contributed by atoms with van der Waals surface area (Å²) in [6.45, 7) is 9.44. The number of likely N-dealkylation sites (tertiary alicyclic amines) is 2. The van der Waals surface area contributed by atoms with Crippen molar-refractivity contribution in [1.29, 1.82) is 0 Å². The zero-order valence-corrected chi connectivity index (χ0v) is 24.5. The lowest BCUT2D eigenvalue weighted by Gasteiger charge is -2.40. The number of nitrogens with zero attached hydrogens (tertiary/aromatic N) is 3. The highest BCUT2D eigenvalue weighted by Gasteiger charge is 2.30. The SMILES string of the molecule is CC(C)(NC(=O)c1c(CN2CCC(N3CCCCC3)CC2)c(-c2ccccc2)nc2ccccc12)c1ccccc1. The minimum Gasteiger partial charge on any atom is -0.343 e. The topological polar surface area (TPSA) is 48.5 Å². The van der Waals surface area contributed by atoms with Gasteiger partial charge in [-0.15, -0.1) is 0 Å². The van der Waals surface area contributed by atoms with Gasteiger partial charge in [-0.3, -0.25) is 9.69 Å². The smallest absolute Gasteiger partial charge is 0.253 e. The summed E-state index contributed by atoms with van der Waals surface area (Å²) >= 11 is 0. The monoisotopic (exact) mass is 546 g/mol. The van der Waals surface area contributed by atoms with E-state index in [0.717, 1.165) is 51.9 Å². The average molecular weight is 547 g/mol. The summed E-state index contributed by atoms with van der Waals surface area (Å²) in [5.74, 6) is -0.0483. The highest BCUT2D eigenvalue weighted by atomic mass is 16.1. The van der Waals surface area contributed by atoms with Gasteiger partial charge in [-0.25, -0.2) is 4.98 Å². The standard InChI is InChI=1S/C36H42N4O/c1-36(2,28-16-8-4-9-17-28)38-35(41)33-30-18-10-11-19-32(30)37-34(27-14-6-3-7-15-27)31(33)26-39-24-20-29(21-25-39)40-22-12-5-13-23-40/h3-4,6-11,14-19,29H,5,12-13,20-26H2,1-2H3,(H,38,41). The van der Waals surface area contributed by atoms with E-state index in [1.807, 2.05) is 48.5 Å². The van der Waals surface area contributed by atoms with Crippen LogP contribution >= 0.6 is 0 Å². The van der Waals surface area contributed by atoms with Crippen molar-refractivity contribution >= 4 is 16.8 Å². The van der Waals surface area contributed by atoms with Crippen LogP contribution in [0.3, 0.4) is 0 Å². The Kier molecular flexibility index (Phi) is 8.18. The Hall–Kier alpha value is -3.54. The van der Waals surface area contributed by atoms with Crippen molar-refractivity contribution in [3.63, 3.8) is 0 Å². The van der Waals surface area contributed by atoms with Crippen LogP contribution in [0.1, 0.15) is 67.4 Å². The second-order valence-corrected chi connectivity index (χ2v) is 12.2. The van der Waals surface area contributed by atoms with Gasteiger partial charge in [0.2, 0.25) is 0 Å². The zero-order valence-electron chi connectivity index (χ0n) is 24.5. The van der Waals surface area contributed by atoms with Gasteiger partial charge in [0, 0.05) is 29.1 Å². The Labute approximate surface area is 244 Å². The molecule has 0 aliphatic carbocycles. The Balaban J connectivity index is 1.38. The first-order valence-electron chi connectivity index (χ1n) is 15.3. The van der Waals surface area contributed by atoms with Crippen molar-refractivity contribution in [2.24, 2.45) is 0 Å². The van der Waals surface area contributed by atoms with Crippen LogP contribution in [0.2, 0.25) is 0 Å². The summed E-state index contributed by atoms with van der Waals surface area (Å²) in [7, 11) is 0. The summed E-state index contributed by atoms with van der Waals surface area (Å²) in [6.07, 6.45) is 6.41. The molecule has 212 valence electrons. The van der Waals surface area contributed by atoms with Crippen molar-refractivity contribution < 1.29 is 4.79 Å². The number of carbonyl (C=O) groups excluding carboxylic acids is 1. The molecule has 0 saturated carbocycles. The largest absolute Gasteiger partial charge is 0.343 e. The Morgan fingerprint density at radius 1 is 0.829 bits per heavy atom. The maximum absolute atomic E-state index is 14.4. The van der Waals surface area contributed by atoms with Crippen LogP contribution in [0.25, 0.3) is 22.2 Å². The van der Waals surface area contributed by atoms with Gasteiger partial charge in [0.1, 0.15) is 0 Å². The number of benzene rings is 3. The van der Waals surface area contributed by atoms with Crippen LogP contribution in [-0.4, -0.2) is 52.9 Å². The van der Waals surface area contributed by atoms with E-state index in [9.17, 15) is 4.79 Å². The van der Waals surface area contributed by atoms with Crippen LogP contribution in [0.15, 0.2) is 84.9 Å². The molecule has 1 amide bonds. The summed E-state index contributed by atoms with van der Waals surface area (Å²) in [4.78, 5) is 24.8. The zero-order chi connectivity index (χ0) is 28.2. The molecule has 3 heterocycles. The highest BCUT2D eigenvalue weighted by Crippen LogP contribution is 2.33. The molecule has 3 aromatic carbocycles. The van der Waals surface area contributed by atoms with Gasteiger partial charge >= 0.3 is 0 Å². The van der Waals surface area contributed by atoms with Crippen LogP contribution in [0.4, 0.5) is 0 Å². The van der Waals surface area contributed by atoms with Crippen LogP contribution in [0, 0.1) is 0 Å². The molecule has 5 nitrogen and oxygen atoms in total. The van der Waals surface area contributed by atoms with Gasteiger partial charge in [0.05, 0.1) is 22.3 Å². The molecule has 2 saturated heterocycles. The molecule has 0 radical (unpaired) electrons. The number of para-hydroxylation sites is 1. The summed E-state index contributed by atoms with van der Waals surface area (Å²) in [6, 6.07) is 29.4. The number of aromatic nitrogens is 1. The number of pyridine rings is 1. The third-order valence-electron chi connectivity index (χ3n) is 9.03. The summed E-state index contributed by atoms with van der Waals surface area (Å²) in [5, 5.41) is 4.30. The molecule has 0 atom stereocenters. The maximum atomic E-state index is 14.4. The Morgan fingerprint density at radius 3 is 2.17 bits per heavy atom. The minimum absolute atomic E-state index is 0.0483. The van der Waals surface area contributed by atoms with E-state index in [2.05, 4.69) is 65.4 Å². The quantitative estimate of drug-likeness (QED) is 0.271. The molecule has 0 spiro atoms. The third kappa shape index (κ3) is 6.07. The minimum atomic E-state index is -0.528. The van der Waals surface area contributed by atoms with Gasteiger partial charge in [0.25, 0.3) is 5.91 Å². The number of nitrogens with one attached hydrogen (secondary N) is 1. The molecule has 1 N–H and O–H groups in total. The van der Waals surface area contributed by atoms with Gasteiger partial charge in [-0.1, -0.05) is 85.3 Å². The van der Waals surface area contributed by atoms with Crippen molar-refractivity contribution in [2.45, 2.75) is 64.1 Å². The Bertz CT molecular complexity index is 1470. The van der Waals surface area contributed by atoms with Crippen LogP contribution in [0.5, 0.6) is 0 Å². The van der Waals surface area contributed by atoms with E-state index < -0.39 is 5.54 Å². The molecular weight excluding hydrogens is 504 g/mol. The number of piperidine rings is 2. The van der Waals surface area contributed by atoms with E-state index in [4.69, 9.17) is 4.98 Å². The number of amides is 1. The molecule has 2 aliphatic rings. The summed E-state index contributed by atoms with van der Waals surface area (Å²) in [5.41, 5.74) is 5.12. The van der Waals surface area contributed by atoms with Gasteiger partial charge in [0.15, 0.2) is 0 Å². The molecule has 1 aromatic heterocycles. The molecule has 4 aromatic rings. The van der Waals surface area contributed by atoms with Gasteiger partial charge in [-0.2, -0.15) is 0 Å². The second-order valence-electron chi connectivity index (χ2n) is 12.2. The molecule has 2 fully saturated rings. The van der Waals surface area contributed by atoms with E-state index in [-0.39, 0.29) is 5.91 Å². The molecule has 2 aliphatic heterocycles. The van der Waals surface area contributed by atoms with Crippen LogP contribution in [-0.2, 0) is 12.1 Å². The molecule has 6 rings (SSSR count). The fourth-order valence-corrected chi connectivity index (χ4v) is 6.72. The Morgan fingerprint density at radius 2 is 1.46 bits per heavy atom. The summed E-state index contributed by atoms with van der Waals surface area (Å²) < 4.78 is 0. The van der Waals surface area contributed by atoms with Crippen LogP contribution < -0.4 is 5.32 Å². The molecule has 0 bridgehead atoms. The lowest BCUT2D eigenvalue weighted by atomic mass is 9.91. The van der Waals surface area contributed by atoms with E-state index >= 15 is 0 Å². The molecule has 41 heavy (non-hydrogen) atoms. The molecule has 5 heteroatoms. The van der Waals surface area contributed by atoms with Crippen molar-refractivity contribution in [3.8, 4) is 11.3 Å². The van der Waals surface area contributed by atoms with E-state index in [0.29, 0.717) is 12.6 Å². The first kappa shape index (κ1) is 27.6. The van der Waals surface area contributed by atoms with E-state index in [1.165, 1.54) is 45.2 Å². The van der Waals surface area contributed by atoms with E-state index in [1.54, 1.807) is 0 Å². The number of hydrogen-bond acceptors (Lipinski definition) is 4. The lowest BCUT2D eigenvalue weighted by molar-refractivity contribution is 0.0876. The molecular formula is C36H42N4O. The fraction of sp³-hybridized carbons (Fsp3) is 0.389. The van der Waals surface area contributed by atoms with Crippen molar-refractivity contribution in [1.82, 2.24) is 20.1 Å². The fourth-order valence-electron chi connectivity index (χ4n) is 6.72. The lowest BCUT2D eigenvalue weighted by Crippen LogP contribution is -2.46. The number of fused-ring (bicyclic) bond motifs is 1. The first-order chi connectivity index (χ1) is 20.0. The van der Waals surface area contributed by atoms with Crippen molar-refractivity contribution in [3.05, 3.63) is 102 Å². The predicted octanol–water partition coefficient (Wildman–Crippen LogP) is 7.02. The predicted molar refractivity (Wildman–Crippen MR) is 168 cm³/mol. The van der Waals surface area contributed by atoms with Gasteiger partial charge in [-0.05, 0) is 77.3 Å². The number of carbonyl (C=O) groups is 1.